The highest BCUT2D eigenvalue weighted by molar-refractivity contribution is 9.10. The van der Waals surface area contributed by atoms with Gasteiger partial charge in [-0.2, -0.15) is 5.10 Å². The smallest absolute Gasteiger partial charge is 0.101 e. The van der Waals surface area contributed by atoms with E-state index in [1.165, 1.54) is 0 Å². The van der Waals surface area contributed by atoms with E-state index in [2.05, 4.69) is 70.7 Å². The van der Waals surface area contributed by atoms with Crippen LogP contribution in [0.2, 0.25) is 0 Å². The Labute approximate surface area is 149 Å². The van der Waals surface area contributed by atoms with Crippen molar-refractivity contribution < 1.29 is 0 Å². The molecule has 0 radical (unpaired) electrons. The number of nitrogens with zero attached hydrogens (tertiary/aromatic N) is 2. The summed E-state index contributed by atoms with van der Waals surface area (Å²) in [7, 11) is 0. The fourth-order valence-corrected chi connectivity index (χ4v) is 3.15. The van der Waals surface area contributed by atoms with Crippen molar-refractivity contribution in [2.75, 3.05) is 0 Å². The highest BCUT2D eigenvalue weighted by Crippen LogP contribution is 2.32. The first kappa shape index (κ1) is 14.9. The average Bonchev–Trinajstić information content (AvgIpc) is 3.09. The van der Waals surface area contributed by atoms with E-state index in [1.807, 2.05) is 41.1 Å². The van der Waals surface area contributed by atoms with Gasteiger partial charge in [0.15, 0.2) is 0 Å². The number of rotatable bonds is 3. The Morgan fingerprint density at radius 1 is 0.708 bits per heavy atom. The van der Waals surface area contributed by atoms with Gasteiger partial charge < -0.3 is 0 Å². The Morgan fingerprint density at radius 3 is 2.04 bits per heavy atom. The average molecular weight is 375 g/mol. The maximum absolute atomic E-state index is 4.86. The van der Waals surface area contributed by atoms with Crippen molar-refractivity contribution in [3.05, 3.63) is 95.6 Å². The number of aromatic nitrogens is 2. The van der Waals surface area contributed by atoms with Crippen molar-refractivity contribution >= 4 is 15.9 Å². The third-order valence-corrected chi connectivity index (χ3v) is 4.41. The molecule has 3 heteroatoms. The molecule has 0 aliphatic carbocycles. The summed E-state index contributed by atoms with van der Waals surface area (Å²) in [4.78, 5) is 0. The van der Waals surface area contributed by atoms with Crippen LogP contribution in [0.1, 0.15) is 0 Å². The van der Waals surface area contributed by atoms with Gasteiger partial charge in [0.2, 0.25) is 0 Å². The summed E-state index contributed by atoms with van der Waals surface area (Å²) < 4.78 is 2.98. The van der Waals surface area contributed by atoms with Crippen molar-refractivity contribution in [1.29, 1.82) is 0 Å². The topological polar surface area (TPSA) is 17.8 Å². The van der Waals surface area contributed by atoms with Crippen molar-refractivity contribution in [1.82, 2.24) is 9.78 Å². The fraction of sp³-hybridized carbons (Fsp3) is 0. The van der Waals surface area contributed by atoms with Crippen LogP contribution in [0.3, 0.4) is 0 Å². The van der Waals surface area contributed by atoms with Gasteiger partial charge in [-0.3, -0.25) is 0 Å². The van der Waals surface area contributed by atoms with Gasteiger partial charge in [0, 0.05) is 21.8 Å². The molecule has 0 amide bonds. The van der Waals surface area contributed by atoms with Crippen molar-refractivity contribution in [2.24, 2.45) is 0 Å². The van der Waals surface area contributed by atoms with E-state index in [-0.39, 0.29) is 0 Å². The molecule has 0 N–H and O–H groups in total. The molecule has 2 nitrogen and oxygen atoms in total. The molecule has 0 aliphatic heterocycles. The normalized spacial score (nSPS) is 10.7. The predicted octanol–water partition coefficient (Wildman–Crippen LogP) is 5.97. The second-order valence-corrected chi connectivity index (χ2v) is 6.46. The largest absolute Gasteiger partial charge is 0.240 e. The SMILES string of the molecule is Brc1cccc(-n2cc(-c3ccccc3)c(-c3ccccc3)n2)c1. The zero-order valence-corrected chi connectivity index (χ0v) is 14.5. The summed E-state index contributed by atoms with van der Waals surface area (Å²) in [6, 6.07) is 28.9. The van der Waals surface area contributed by atoms with E-state index in [4.69, 9.17) is 5.10 Å². The van der Waals surface area contributed by atoms with Crippen LogP contribution in [0.25, 0.3) is 28.1 Å². The quantitative estimate of drug-likeness (QED) is 0.431. The van der Waals surface area contributed by atoms with Gasteiger partial charge in [-0.15, -0.1) is 0 Å². The molecular formula is C21H15BrN2. The minimum absolute atomic E-state index is 0.988. The van der Waals surface area contributed by atoms with Gasteiger partial charge in [0.05, 0.1) is 5.69 Å². The van der Waals surface area contributed by atoms with E-state index in [1.54, 1.807) is 0 Å². The summed E-state index contributed by atoms with van der Waals surface area (Å²) >= 11 is 3.53. The van der Waals surface area contributed by atoms with Gasteiger partial charge in [0.25, 0.3) is 0 Å². The first-order valence-electron chi connectivity index (χ1n) is 7.78. The maximum atomic E-state index is 4.86. The van der Waals surface area contributed by atoms with Crippen LogP contribution >= 0.6 is 15.9 Å². The molecule has 3 aromatic carbocycles. The van der Waals surface area contributed by atoms with Gasteiger partial charge >= 0.3 is 0 Å². The Kier molecular flexibility index (Phi) is 4.01. The van der Waals surface area contributed by atoms with Crippen LogP contribution in [0.4, 0.5) is 0 Å². The maximum Gasteiger partial charge on any atom is 0.101 e. The van der Waals surface area contributed by atoms with Crippen LogP contribution in [0.5, 0.6) is 0 Å². The molecule has 0 spiro atoms. The van der Waals surface area contributed by atoms with Gasteiger partial charge in [-0.05, 0) is 23.8 Å². The predicted molar refractivity (Wildman–Crippen MR) is 102 cm³/mol. The Hall–Kier alpha value is -2.65. The molecular weight excluding hydrogens is 360 g/mol. The molecule has 1 aromatic heterocycles. The fourth-order valence-electron chi connectivity index (χ4n) is 2.76. The minimum Gasteiger partial charge on any atom is -0.240 e. The minimum atomic E-state index is 0.988. The molecule has 0 fully saturated rings. The molecule has 24 heavy (non-hydrogen) atoms. The second kappa shape index (κ2) is 6.46. The van der Waals surface area contributed by atoms with Gasteiger partial charge in [-0.25, -0.2) is 4.68 Å². The van der Waals surface area contributed by atoms with Gasteiger partial charge in [-0.1, -0.05) is 82.7 Å². The summed E-state index contributed by atoms with van der Waals surface area (Å²) in [6.45, 7) is 0. The van der Waals surface area contributed by atoms with Crippen LogP contribution < -0.4 is 0 Å². The number of hydrogen-bond acceptors (Lipinski definition) is 1. The van der Waals surface area contributed by atoms with Crippen molar-refractivity contribution in [3.63, 3.8) is 0 Å². The summed E-state index contributed by atoms with van der Waals surface area (Å²) in [5, 5.41) is 4.86. The Balaban J connectivity index is 1.91. The highest BCUT2D eigenvalue weighted by atomic mass is 79.9. The lowest BCUT2D eigenvalue weighted by atomic mass is 10.0. The number of hydrogen-bond donors (Lipinski definition) is 0. The van der Waals surface area contributed by atoms with Crippen molar-refractivity contribution in [2.45, 2.75) is 0 Å². The summed E-state index contributed by atoms with van der Waals surface area (Å²) in [5.74, 6) is 0. The molecule has 1 heterocycles. The summed E-state index contributed by atoms with van der Waals surface area (Å²) in [5.41, 5.74) is 5.43. The molecule has 116 valence electrons. The first-order chi connectivity index (χ1) is 11.8. The highest BCUT2D eigenvalue weighted by Gasteiger charge is 2.13. The first-order valence-corrected chi connectivity index (χ1v) is 8.57. The van der Waals surface area contributed by atoms with E-state index in [9.17, 15) is 0 Å². The zero-order chi connectivity index (χ0) is 16.4. The standard InChI is InChI=1S/C21H15BrN2/c22-18-12-7-13-19(14-18)24-15-20(16-8-3-1-4-9-16)21(23-24)17-10-5-2-6-11-17/h1-15H. The van der Waals surface area contributed by atoms with Gasteiger partial charge in [0.1, 0.15) is 5.69 Å². The van der Waals surface area contributed by atoms with Crippen LogP contribution in [-0.4, -0.2) is 9.78 Å². The molecule has 0 atom stereocenters. The Bertz CT molecular complexity index is 903. The molecule has 4 aromatic rings. The molecule has 4 rings (SSSR count). The van der Waals surface area contributed by atoms with Crippen LogP contribution in [0, 0.1) is 0 Å². The Morgan fingerprint density at radius 2 is 1.38 bits per heavy atom. The number of halogens is 1. The molecule has 0 saturated carbocycles. The monoisotopic (exact) mass is 374 g/mol. The molecule has 0 aliphatic rings. The number of benzene rings is 3. The van der Waals surface area contributed by atoms with E-state index in [0.717, 1.165) is 32.5 Å². The van der Waals surface area contributed by atoms with Crippen LogP contribution in [-0.2, 0) is 0 Å². The van der Waals surface area contributed by atoms with E-state index >= 15 is 0 Å². The molecule has 0 bridgehead atoms. The third kappa shape index (κ3) is 2.91. The van der Waals surface area contributed by atoms with E-state index < -0.39 is 0 Å². The molecule has 0 saturated heterocycles. The zero-order valence-electron chi connectivity index (χ0n) is 12.9. The lowest BCUT2D eigenvalue weighted by Gasteiger charge is -2.02. The second-order valence-electron chi connectivity index (χ2n) is 5.55. The van der Waals surface area contributed by atoms with E-state index in [0.29, 0.717) is 0 Å². The molecule has 0 unspecified atom stereocenters. The third-order valence-electron chi connectivity index (χ3n) is 3.92. The van der Waals surface area contributed by atoms with Crippen LogP contribution in [0.15, 0.2) is 95.6 Å². The lowest BCUT2D eigenvalue weighted by molar-refractivity contribution is 0.884. The lowest BCUT2D eigenvalue weighted by Crippen LogP contribution is -1.94. The van der Waals surface area contributed by atoms with Crippen molar-refractivity contribution in [3.8, 4) is 28.1 Å². The summed E-state index contributed by atoms with van der Waals surface area (Å²) in [6.07, 6.45) is 2.10.